The summed E-state index contributed by atoms with van der Waals surface area (Å²) < 4.78 is 1.78. The molecule has 1 N–H and O–H groups in total. The van der Waals surface area contributed by atoms with Crippen molar-refractivity contribution in [2.75, 3.05) is 0 Å². The zero-order chi connectivity index (χ0) is 17.1. The molecule has 2 heterocycles. The molecule has 122 valence electrons. The average molecular weight is 320 g/mol. The van der Waals surface area contributed by atoms with Crippen LogP contribution >= 0.6 is 0 Å². The predicted octanol–water partition coefficient (Wildman–Crippen LogP) is 3.03. The summed E-state index contributed by atoms with van der Waals surface area (Å²) in [4.78, 5) is 16.6. The molecule has 0 aliphatic heterocycles. The molecule has 5 nitrogen and oxygen atoms in total. The Balaban J connectivity index is 1.71. The topological polar surface area (TPSA) is 59.8 Å². The fourth-order valence-electron chi connectivity index (χ4n) is 2.52. The maximum Gasteiger partial charge on any atom is 0.251 e. The van der Waals surface area contributed by atoms with Crippen LogP contribution in [0.15, 0.2) is 48.7 Å². The SMILES string of the molecule is Cc1ccc(C(=O)NCc2cc(-c3ccccn3)n(C)n2)cc1C. The van der Waals surface area contributed by atoms with Crippen LogP contribution in [0.4, 0.5) is 0 Å². The Bertz CT molecular complexity index is 868. The number of benzene rings is 1. The Morgan fingerprint density at radius 3 is 2.67 bits per heavy atom. The van der Waals surface area contributed by atoms with Crippen molar-refractivity contribution in [2.24, 2.45) is 7.05 Å². The van der Waals surface area contributed by atoms with Crippen molar-refractivity contribution in [3.8, 4) is 11.4 Å². The van der Waals surface area contributed by atoms with Gasteiger partial charge in [0.2, 0.25) is 0 Å². The van der Waals surface area contributed by atoms with Gasteiger partial charge in [0.15, 0.2) is 0 Å². The van der Waals surface area contributed by atoms with E-state index in [0.29, 0.717) is 12.1 Å². The van der Waals surface area contributed by atoms with Crippen LogP contribution in [0.2, 0.25) is 0 Å². The Morgan fingerprint density at radius 2 is 1.96 bits per heavy atom. The van der Waals surface area contributed by atoms with Crippen molar-refractivity contribution < 1.29 is 4.79 Å². The number of carbonyl (C=O) groups is 1. The highest BCUT2D eigenvalue weighted by atomic mass is 16.1. The second-order valence-corrected chi connectivity index (χ2v) is 5.84. The first-order valence-electron chi connectivity index (χ1n) is 7.84. The van der Waals surface area contributed by atoms with Gasteiger partial charge in [0.25, 0.3) is 5.91 Å². The maximum absolute atomic E-state index is 12.3. The molecule has 0 bridgehead atoms. The molecule has 1 aromatic carbocycles. The maximum atomic E-state index is 12.3. The van der Waals surface area contributed by atoms with E-state index >= 15 is 0 Å². The molecule has 0 atom stereocenters. The summed E-state index contributed by atoms with van der Waals surface area (Å²) in [6.07, 6.45) is 1.75. The molecule has 0 aliphatic carbocycles. The first kappa shape index (κ1) is 15.9. The van der Waals surface area contributed by atoms with Gasteiger partial charge in [0.05, 0.1) is 23.6 Å². The Labute approximate surface area is 141 Å². The molecular weight excluding hydrogens is 300 g/mol. The van der Waals surface area contributed by atoms with Crippen molar-refractivity contribution in [2.45, 2.75) is 20.4 Å². The van der Waals surface area contributed by atoms with Crippen LogP contribution in [0.5, 0.6) is 0 Å². The fraction of sp³-hybridized carbons (Fsp3) is 0.211. The highest BCUT2D eigenvalue weighted by Gasteiger charge is 2.11. The van der Waals surface area contributed by atoms with Gasteiger partial charge in [0.1, 0.15) is 0 Å². The summed E-state index contributed by atoms with van der Waals surface area (Å²) in [5.74, 6) is -0.0943. The third-order valence-electron chi connectivity index (χ3n) is 4.06. The second-order valence-electron chi connectivity index (χ2n) is 5.84. The van der Waals surface area contributed by atoms with Gasteiger partial charge < -0.3 is 5.32 Å². The van der Waals surface area contributed by atoms with Crippen molar-refractivity contribution in [3.63, 3.8) is 0 Å². The number of carbonyl (C=O) groups excluding carboxylic acids is 1. The highest BCUT2D eigenvalue weighted by Crippen LogP contribution is 2.17. The lowest BCUT2D eigenvalue weighted by Crippen LogP contribution is -2.23. The molecule has 5 heteroatoms. The lowest BCUT2D eigenvalue weighted by atomic mass is 10.1. The molecule has 3 rings (SSSR count). The van der Waals surface area contributed by atoms with E-state index < -0.39 is 0 Å². The molecule has 24 heavy (non-hydrogen) atoms. The zero-order valence-corrected chi connectivity index (χ0v) is 14.1. The van der Waals surface area contributed by atoms with Gasteiger partial charge in [-0.3, -0.25) is 14.5 Å². The van der Waals surface area contributed by atoms with Crippen LogP contribution in [-0.2, 0) is 13.6 Å². The van der Waals surface area contributed by atoms with E-state index in [9.17, 15) is 4.79 Å². The number of aromatic nitrogens is 3. The van der Waals surface area contributed by atoms with E-state index in [1.807, 2.05) is 63.4 Å². The molecule has 3 aromatic rings. The minimum atomic E-state index is -0.0943. The minimum absolute atomic E-state index is 0.0943. The molecule has 0 aliphatic rings. The van der Waals surface area contributed by atoms with Crippen molar-refractivity contribution in [3.05, 3.63) is 71.0 Å². The molecule has 0 fully saturated rings. The Hall–Kier alpha value is -2.95. The lowest BCUT2D eigenvalue weighted by Gasteiger charge is -2.06. The quantitative estimate of drug-likeness (QED) is 0.804. The fourth-order valence-corrected chi connectivity index (χ4v) is 2.52. The lowest BCUT2D eigenvalue weighted by molar-refractivity contribution is 0.0950. The van der Waals surface area contributed by atoms with Crippen LogP contribution in [-0.4, -0.2) is 20.7 Å². The molecule has 0 saturated heterocycles. The molecule has 0 spiro atoms. The van der Waals surface area contributed by atoms with Crippen LogP contribution < -0.4 is 5.32 Å². The van der Waals surface area contributed by atoms with Gasteiger partial charge in [-0.25, -0.2) is 0 Å². The standard InChI is InChI=1S/C19H20N4O/c1-13-7-8-15(10-14(13)2)19(24)21-12-16-11-18(23(3)22-16)17-6-4-5-9-20-17/h4-11H,12H2,1-3H3,(H,21,24). The molecule has 0 radical (unpaired) electrons. The van der Waals surface area contributed by atoms with Crippen molar-refractivity contribution in [1.82, 2.24) is 20.1 Å². The number of nitrogens with zero attached hydrogens (tertiary/aromatic N) is 3. The van der Waals surface area contributed by atoms with Crippen LogP contribution in [0, 0.1) is 13.8 Å². The highest BCUT2D eigenvalue weighted by molar-refractivity contribution is 5.94. The van der Waals surface area contributed by atoms with Gasteiger partial charge in [-0.15, -0.1) is 0 Å². The van der Waals surface area contributed by atoms with Crippen molar-refractivity contribution >= 4 is 5.91 Å². The third-order valence-corrected chi connectivity index (χ3v) is 4.06. The molecular formula is C19H20N4O. The monoisotopic (exact) mass is 320 g/mol. The third kappa shape index (κ3) is 3.35. The normalized spacial score (nSPS) is 10.6. The van der Waals surface area contributed by atoms with Crippen LogP contribution in [0.1, 0.15) is 27.2 Å². The van der Waals surface area contributed by atoms with Gasteiger partial charge >= 0.3 is 0 Å². The smallest absolute Gasteiger partial charge is 0.251 e. The summed E-state index contributed by atoms with van der Waals surface area (Å²) in [5, 5.41) is 7.37. The Kier molecular flexibility index (Phi) is 4.42. The van der Waals surface area contributed by atoms with Crippen LogP contribution in [0.3, 0.4) is 0 Å². The van der Waals surface area contributed by atoms with E-state index in [2.05, 4.69) is 15.4 Å². The summed E-state index contributed by atoms with van der Waals surface area (Å²) in [7, 11) is 1.87. The number of amides is 1. The van der Waals surface area contributed by atoms with E-state index in [0.717, 1.165) is 22.6 Å². The summed E-state index contributed by atoms with van der Waals surface area (Å²) in [5.41, 5.74) is 5.54. The number of hydrogen-bond donors (Lipinski definition) is 1. The van der Waals surface area contributed by atoms with Gasteiger partial charge in [0, 0.05) is 18.8 Å². The van der Waals surface area contributed by atoms with E-state index in [1.165, 1.54) is 5.56 Å². The molecule has 0 unspecified atom stereocenters. The molecule has 0 saturated carbocycles. The number of rotatable bonds is 4. The molecule has 1 amide bonds. The largest absolute Gasteiger partial charge is 0.346 e. The minimum Gasteiger partial charge on any atom is -0.346 e. The van der Waals surface area contributed by atoms with Gasteiger partial charge in [-0.2, -0.15) is 5.10 Å². The van der Waals surface area contributed by atoms with Gasteiger partial charge in [-0.1, -0.05) is 12.1 Å². The number of hydrogen-bond acceptors (Lipinski definition) is 3. The summed E-state index contributed by atoms with van der Waals surface area (Å²) in [6, 6.07) is 13.4. The summed E-state index contributed by atoms with van der Waals surface area (Å²) >= 11 is 0. The second kappa shape index (κ2) is 6.66. The van der Waals surface area contributed by atoms with Crippen LogP contribution in [0.25, 0.3) is 11.4 Å². The summed E-state index contributed by atoms with van der Waals surface area (Å²) in [6.45, 7) is 4.42. The van der Waals surface area contributed by atoms with Crippen molar-refractivity contribution in [1.29, 1.82) is 0 Å². The van der Waals surface area contributed by atoms with E-state index in [4.69, 9.17) is 0 Å². The average Bonchev–Trinajstić information content (AvgIpc) is 2.97. The van der Waals surface area contributed by atoms with E-state index in [-0.39, 0.29) is 5.91 Å². The predicted molar refractivity (Wildman–Crippen MR) is 93.5 cm³/mol. The number of pyridine rings is 1. The number of nitrogens with one attached hydrogen (secondary N) is 1. The molecule has 2 aromatic heterocycles. The zero-order valence-electron chi connectivity index (χ0n) is 14.1. The first-order valence-corrected chi connectivity index (χ1v) is 7.84. The first-order chi connectivity index (χ1) is 11.5. The Morgan fingerprint density at radius 1 is 1.12 bits per heavy atom. The van der Waals surface area contributed by atoms with E-state index in [1.54, 1.807) is 10.9 Å². The van der Waals surface area contributed by atoms with Gasteiger partial charge in [-0.05, 0) is 55.3 Å². The number of aryl methyl sites for hydroxylation is 3.